The van der Waals surface area contributed by atoms with Crippen LogP contribution in [0.5, 0.6) is 0 Å². The lowest BCUT2D eigenvalue weighted by atomic mass is 10.3. The number of hydrogen-bond acceptors (Lipinski definition) is 5. The van der Waals surface area contributed by atoms with Gasteiger partial charge in [-0.25, -0.2) is 4.98 Å². The Kier molecular flexibility index (Phi) is 4.68. The summed E-state index contributed by atoms with van der Waals surface area (Å²) in [7, 11) is 0. The number of amides is 1. The first-order chi connectivity index (χ1) is 9.04. The number of benzene rings is 1. The van der Waals surface area contributed by atoms with Crippen LogP contribution in [-0.4, -0.2) is 16.6 Å². The molecule has 2 aromatic rings. The molecule has 7 heteroatoms. The van der Waals surface area contributed by atoms with Crippen LogP contribution in [-0.2, 0) is 4.79 Å². The van der Waals surface area contributed by atoms with E-state index >= 15 is 0 Å². The Morgan fingerprint density at radius 2 is 2.37 bits per heavy atom. The third-order valence-electron chi connectivity index (χ3n) is 2.18. The molecule has 0 fully saturated rings. The van der Waals surface area contributed by atoms with Gasteiger partial charge in [0.15, 0.2) is 5.13 Å². The number of nitrogens with one attached hydrogen (secondary N) is 1. The topological polar surface area (TPSA) is 68.0 Å². The quantitative estimate of drug-likeness (QED) is 0.670. The van der Waals surface area contributed by atoms with Gasteiger partial charge in [-0.05, 0) is 25.1 Å². The van der Waals surface area contributed by atoms with Crippen molar-refractivity contribution in [3.05, 3.63) is 34.3 Å². The molecule has 0 radical (unpaired) electrons. The van der Waals surface area contributed by atoms with Gasteiger partial charge in [-0.3, -0.25) is 4.79 Å². The molecule has 19 heavy (non-hydrogen) atoms. The number of thioether (sulfide) groups is 1. The number of halogens is 1. The van der Waals surface area contributed by atoms with Crippen LogP contribution >= 0.6 is 34.7 Å². The van der Waals surface area contributed by atoms with Gasteiger partial charge in [0, 0.05) is 16.0 Å². The zero-order valence-corrected chi connectivity index (χ0v) is 12.5. The predicted molar refractivity (Wildman–Crippen MR) is 82.1 cm³/mol. The molecule has 100 valence electrons. The van der Waals surface area contributed by atoms with Crippen molar-refractivity contribution in [1.29, 1.82) is 0 Å². The van der Waals surface area contributed by atoms with Crippen molar-refractivity contribution in [3.63, 3.8) is 0 Å². The molecule has 0 atom stereocenters. The molecule has 0 saturated heterocycles. The molecule has 0 aliphatic rings. The molecule has 4 nitrogen and oxygen atoms in total. The number of hydrogen-bond donors (Lipinski definition) is 2. The van der Waals surface area contributed by atoms with Crippen molar-refractivity contribution >= 4 is 51.4 Å². The van der Waals surface area contributed by atoms with E-state index in [1.54, 1.807) is 12.1 Å². The zero-order valence-electron chi connectivity index (χ0n) is 10.1. The molecular formula is C12H12ClN3OS2. The summed E-state index contributed by atoms with van der Waals surface area (Å²) in [6.45, 7) is 1.88. The normalized spacial score (nSPS) is 10.4. The fraction of sp³-hybridized carbons (Fsp3) is 0.167. The van der Waals surface area contributed by atoms with Crippen LogP contribution in [0.4, 0.5) is 10.8 Å². The van der Waals surface area contributed by atoms with Crippen LogP contribution in [0.2, 0.25) is 5.02 Å². The lowest BCUT2D eigenvalue weighted by molar-refractivity contribution is -0.113. The maximum Gasteiger partial charge on any atom is 0.236 e. The van der Waals surface area contributed by atoms with Crippen molar-refractivity contribution < 1.29 is 4.79 Å². The highest BCUT2D eigenvalue weighted by atomic mass is 35.5. The minimum absolute atomic E-state index is 0.104. The molecule has 0 aliphatic carbocycles. The molecule has 0 unspecified atom stereocenters. The van der Waals surface area contributed by atoms with Crippen LogP contribution in [0.1, 0.15) is 5.69 Å². The average molecular weight is 314 g/mol. The summed E-state index contributed by atoms with van der Waals surface area (Å²) in [4.78, 5) is 16.7. The maximum absolute atomic E-state index is 11.7. The Balaban J connectivity index is 1.89. The number of carbonyl (C=O) groups is 1. The molecule has 1 aromatic heterocycles. The number of anilines is 2. The monoisotopic (exact) mass is 313 g/mol. The van der Waals surface area contributed by atoms with Gasteiger partial charge in [0.1, 0.15) is 0 Å². The molecule has 3 N–H and O–H groups in total. The number of rotatable bonds is 4. The Morgan fingerprint density at radius 1 is 1.58 bits per heavy atom. The van der Waals surface area contributed by atoms with E-state index in [2.05, 4.69) is 10.3 Å². The van der Waals surface area contributed by atoms with Crippen molar-refractivity contribution in [3.8, 4) is 0 Å². The van der Waals surface area contributed by atoms with Gasteiger partial charge in [0.2, 0.25) is 5.91 Å². The largest absolute Gasteiger partial charge is 0.399 e. The number of aromatic nitrogens is 1. The summed E-state index contributed by atoms with van der Waals surface area (Å²) in [5.74, 6) is 0.176. The first-order valence-electron chi connectivity index (χ1n) is 5.44. The van der Waals surface area contributed by atoms with E-state index in [1.807, 2.05) is 18.4 Å². The van der Waals surface area contributed by atoms with Crippen molar-refractivity contribution in [1.82, 2.24) is 4.98 Å². The second kappa shape index (κ2) is 6.27. The van der Waals surface area contributed by atoms with Gasteiger partial charge in [-0.15, -0.1) is 23.1 Å². The maximum atomic E-state index is 11.7. The van der Waals surface area contributed by atoms with Crippen molar-refractivity contribution in [2.24, 2.45) is 0 Å². The Bertz CT molecular complexity index is 600. The number of nitrogen functional groups attached to an aromatic ring is 1. The summed E-state index contributed by atoms with van der Waals surface area (Å²) < 4.78 is 0. The standard InChI is InChI=1S/C12H12ClN3OS2/c1-7-5-19-12(15-7)16-11(17)6-18-10-3-2-8(14)4-9(10)13/h2-5H,6,14H2,1H3,(H,15,16,17). The van der Waals surface area contributed by atoms with Gasteiger partial charge in [-0.2, -0.15) is 0 Å². The molecule has 1 amide bonds. The Hall–Kier alpha value is -1.24. The first-order valence-corrected chi connectivity index (χ1v) is 7.69. The van der Waals surface area contributed by atoms with Gasteiger partial charge in [0.25, 0.3) is 0 Å². The van der Waals surface area contributed by atoms with E-state index in [0.717, 1.165) is 10.6 Å². The van der Waals surface area contributed by atoms with E-state index < -0.39 is 0 Å². The minimum atomic E-state index is -0.104. The second-order valence-electron chi connectivity index (χ2n) is 3.82. The van der Waals surface area contributed by atoms with Gasteiger partial charge in [0.05, 0.1) is 16.5 Å². The highest BCUT2D eigenvalue weighted by Crippen LogP contribution is 2.28. The lowest BCUT2D eigenvalue weighted by Gasteiger charge is -2.05. The van der Waals surface area contributed by atoms with E-state index in [-0.39, 0.29) is 11.7 Å². The number of nitrogens with zero attached hydrogens (tertiary/aromatic N) is 1. The van der Waals surface area contributed by atoms with Crippen LogP contribution < -0.4 is 11.1 Å². The van der Waals surface area contributed by atoms with E-state index in [0.29, 0.717) is 15.8 Å². The van der Waals surface area contributed by atoms with Gasteiger partial charge < -0.3 is 11.1 Å². The summed E-state index contributed by atoms with van der Waals surface area (Å²) in [5, 5.41) is 5.81. The Labute approximate surface area is 124 Å². The van der Waals surface area contributed by atoms with Crippen LogP contribution in [0.3, 0.4) is 0 Å². The SMILES string of the molecule is Cc1csc(NC(=O)CSc2ccc(N)cc2Cl)n1. The molecule has 0 saturated carbocycles. The zero-order chi connectivity index (χ0) is 13.8. The Morgan fingerprint density at radius 3 is 3.00 bits per heavy atom. The smallest absolute Gasteiger partial charge is 0.236 e. The third-order valence-corrected chi connectivity index (χ3v) is 4.55. The van der Waals surface area contributed by atoms with Crippen molar-refractivity contribution in [2.75, 3.05) is 16.8 Å². The fourth-order valence-corrected chi connectivity index (χ4v) is 3.12. The number of nitrogens with two attached hydrogens (primary N) is 1. The summed E-state index contributed by atoms with van der Waals surface area (Å²) in [5.41, 5.74) is 7.11. The van der Waals surface area contributed by atoms with Crippen molar-refractivity contribution in [2.45, 2.75) is 11.8 Å². The van der Waals surface area contributed by atoms with Crippen LogP contribution in [0.15, 0.2) is 28.5 Å². The molecule has 1 heterocycles. The minimum Gasteiger partial charge on any atom is -0.399 e. The number of carbonyl (C=O) groups excluding carboxylic acids is 1. The third kappa shape index (κ3) is 4.12. The number of thiazole rings is 1. The highest BCUT2D eigenvalue weighted by Gasteiger charge is 2.08. The van der Waals surface area contributed by atoms with Gasteiger partial charge in [-0.1, -0.05) is 11.6 Å². The van der Waals surface area contributed by atoms with Gasteiger partial charge >= 0.3 is 0 Å². The second-order valence-corrected chi connectivity index (χ2v) is 6.10. The van der Waals surface area contributed by atoms with E-state index in [9.17, 15) is 4.79 Å². The molecule has 0 bridgehead atoms. The van der Waals surface area contributed by atoms with Crippen LogP contribution in [0.25, 0.3) is 0 Å². The van der Waals surface area contributed by atoms with Crippen LogP contribution in [0, 0.1) is 6.92 Å². The van der Waals surface area contributed by atoms with E-state index in [1.165, 1.54) is 23.1 Å². The predicted octanol–water partition coefficient (Wildman–Crippen LogP) is 3.42. The first kappa shape index (κ1) is 14.2. The molecule has 0 aliphatic heterocycles. The summed E-state index contributed by atoms with van der Waals surface area (Å²) in [6, 6.07) is 5.24. The molecular weight excluding hydrogens is 302 g/mol. The molecule has 2 rings (SSSR count). The molecule has 0 spiro atoms. The summed E-state index contributed by atoms with van der Waals surface area (Å²) >= 11 is 8.81. The highest BCUT2D eigenvalue weighted by molar-refractivity contribution is 8.00. The average Bonchev–Trinajstić information content (AvgIpc) is 2.73. The summed E-state index contributed by atoms with van der Waals surface area (Å²) in [6.07, 6.45) is 0. The fourth-order valence-electron chi connectivity index (χ4n) is 1.34. The number of aryl methyl sites for hydroxylation is 1. The lowest BCUT2D eigenvalue weighted by Crippen LogP contribution is -2.13. The molecule has 1 aromatic carbocycles. The van der Waals surface area contributed by atoms with E-state index in [4.69, 9.17) is 17.3 Å².